The van der Waals surface area contributed by atoms with Crippen LogP contribution in [0.2, 0.25) is 0 Å². The van der Waals surface area contributed by atoms with Crippen LogP contribution in [-0.2, 0) is 19.5 Å². The van der Waals surface area contributed by atoms with Gasteiger partial charge in [-0.15, -0.1) is 0 Å². The van der Waals surface area contributed by atoms with Crippen molar-refractivity contribution in [1.82, 2.24) is 19.7 Å². The summed E-state index contributed by atoms with van der Waals surface area (Å²) in [4.78, 5) is 25.3. The number of benzene rings is 2. The molecule has 0 saturated heterocycles. The summed E-state index contributed by atoms with van der Waals surface area (Å²) in [6.45, 7) is 2.57. The van der Waals surface area contributed by atoms with Crippen LogP contribution < -0.4 is 11.0 Å². The van der Waals surface area contributed by atoms with Crippen molar-refractivity contribution >= 4 is 5.91 Å². The third kappa shape index (κ3) is 4.12. The summed E-state index contributed by atoms with van der Waals surface area (Å²) in [5, 5.41) is 17.4. The molecule has 7 nitrogen and oxygen atoms in total. The number of hydrogen-bond acceptors (Lipinski definition) is 4. The number of aryl methyl sites for hydroxylation is 2. The van der Waals surface area contributed by atoms with Gasteiger partial charge in [0.2, 0.25) is 0 Å². The maximum atomic E-state index is 13.1. The quantitative estimate of drug-likeness (QED) is 0.691. The highest BCUT2D eigenvalue weighted by Crippen LogP contribution is 2.19. The number of fused-ring (bicyclic) bond motifs is 1. The van der Waals surface area contributed by atoms with Gasteiger partial charge in [0, 0.05) is 19.0 Å². The van der Waals surface area contributed by atoms with E-state index in [4.69, 9.17) is 0 Å². The molecule has 0 radical (unpaired) electrons. The van der Waals surface area contributed by atoms with Gasteiger partial charge in [-0.05, 0) is 55.2 Å². The van der Waals surface area contributed by atoms with Crippen molar-refractivity contribution in [3.8, 4) is 5.75 Å². The number of hydrogen-bond donors (Lipinski definition) is 2. The highest BCUT2D eigenvalue weighted by molar-refractivity contribution is 5.97. The summed E-state index contributed by atoms with van der Waals surface area (Å²) >= 11 is 0. The first-order valence-electron chi connectivity index (χ1n) is 9.92. The Morgan fingerprint density at radius 2 is 2.00 bits per heavy atom. The van der Waals surface area contributed by atoms with Gasteiger partial charge < -0.3 is 10.4 Å². The number of rotatable bonds is 4. The molecule has 1 unspecified atom stereocenters. The molecule has 1 amide bonds. The lowest BCUT2D eigenvalue weighted by Crippen LogP contribution is -2.36. The van der Waals surface area contributed by atoms with Crippen molar-refractivity contribution in [1.29, 1.82) is 0 Å². The first-order chi connectivity index (χ1) is 14.4. The molecule has 2 heterocycles. The third-order valence-electron chi connectivity index (χ3n) is 5.40. The molecule has 2 N–H and O–H groups in total. The van der Waals surface area contributed by atoms with Crippen molar-refractivity contribution in [2.24, 2.45) is 0 Å². The van der Waals surface area contributed by atoms with Gasteiger partial charge in [-0.25, -0.2) is 13.9 Å². The van der Waals surface area contributed by atoms with Crippen LogP contribution in [-0.4, -0.2) is 31.4 Å². The van der Waals surface area contributed by atoms with E-state index in [1.54, 1.807) is 34.9 Å². The van der Waals surface area contributed by atoms with E-state index in [0.717, 1.165) is 11.1 Å². The molecule has 156 valence electrons. The fraction of sp³-hybridized carbons (Fsp3) is 0.318. The number of carbonyl (C=O) groups is 1. The van der Waals surface area contributed by atoms with Crippen LogP contribution in [0.3, 0.4) is 0 Å². The smallest absolute Gasteiger partial charge is 0.346 e. The van der Waals surface area contributed by atoms with E-state index in [2.05, 4.69) is 10.4 Å². The molecule has 0 bridgehead atoms. The Bertz CT molecular complexity index is 1130. The van der Waals surface area contributed by atoms with Gasteiger partial charge in [0.1, 0.15) is 17.4 Å². The summed E-state index contributed by atoms with van der Waals surface area (Å²) < 4.78 is 16.1. The van der Waals surface area contributed by atoms with E-state index in [9.17, 15) is 19.1 Å². The van der Waals surface area contributed by atoms with Gasteiger partial charge in [0.05, 0.1) is 12.1 Å². The number of aromatic hydroxyl groups is 1. The lowest BCUT2D eigenvalue weighted by Gasteiger charge is -2.16. The van der Waals surface area contributed by atoms with Crippen LogP contribution in [0.15, 0.2) is 47.3 Å². The lowest BCUT2D eigenvalue weighted by atomic mass is 10.1. The number of amides is 1. The van der Waals surface area contributed by atoms with Crippen molar-refractivity contribution in [3.05, 3.63) is 81.3 Å². The second-order valence-corrected chi connectivity index (χ2v) is 7.65. The molecule has 1 aromatic heterocycles. The van der Waals surface area contributed by atoms with Crippen molar-refractivity contribution in [2.75, 3.05) is 0 Å². The standard InChI is InChI=1S/C22H23FN4O3/c1-14-2-8-18(19(28)12-14)21(29)24-17-7-9-20-25-27(22(30)26(20)11-10-17)13-15-3-5-16(23)6-4-15/h2-6,8,12,17,28H,7,9-11,13H2,1H3,(H,24,29). The Morgan fingerprint density at radius 3 is 2.73 bits per heavy atom. The van der Waals surface area contributed by atoms with Gasteiger partial charge in [0.15, 0.2) is 0 Å². The second-order valence-electron chi connectivity index (χ2n) is 7.65. The minimum Gasteiger partial charge on any atom is -0.507 e. The van der Waals surface area contributed by atoms with Crippen LogP contribution in [0.25, 0.3) is 0 Å². The molecule has 0 aliphatic carbocycles. The van der Waals surface area contributed by atoms with E-state index in [1.807, 2.05) is 6.92 Å². The molecule has 8 heteroatoms. The molecule has 1 atom stereocenters. The number of aromatic nitrogens is 3. The molecule has 1 aliphatic rings. The van der Waals surface area contributed by atoms with E-state index in [1.165, 1.54) is 16.8 Å². The fourth-order valence-electron chi connectivity index (χ4n) is 3.74. The highest BCUT2D eigenvalue weighted by atomic mass is 19.1. The summed E-state index contributed by atoms with van der Waals surface area (Å²) in [7, 11) is 0. The van der Waals surface area contributed by atoms with E-state index >= 15 is 0 Å². The van der Waals surface area contributed by atoms with E-state index in [-0.39, 0.29) is 41.3 Å². The lowest BCUT2D eigenvalue weighted by molar-refractivity contribution is 0.0930. The third-order valence-corrected chi connectivity index (χ3v) is 5.40. The van der Waals surface area contributed by atoms with Crippen LogP contribution in [0.5, 0.6) is 5.75 Å². The SMILES string of the molecule is Cc1ccc(C(=O)NC2CCc3nn(Cc4ccc(F)cc4)c(=O)n3CC2)c(O)c1. The molecular weight excluding hydrogens is 387 g/mol. The van der Waals surface area contributed by atoms with Gasteiger partial charge in [-0.1, -0.05) is 18.2 Å². The predicted molar refractivity (Wildman–Crippen MR) is 109 cm³/mol. The predicted octanol–water partition coefficient (Wildman–Crippen LogP) is 2.38. The number of phenolic OH excluding ortho intramolecular Hbond substituents is 1. The zero-order valence-electron chi connectivity index (χ0n) is 16.6. The maximum Gasteiger partial charge on any atom is 0.346 e. The summed E-state index contributed by atoms with van der Waals surface area (Å²) in [6, 6.07) is 10.8. The zero-order chi connectivity index (χ0) is 21.3. The van der Waals surface area contributed by atoms with Gasteiger partial charge in [0.25, 0.3) is 5.91 Å². The number of nitrogens with zero attached hydrogens (tertiary/aromatic N) is 3. The maximum absolute atomic E-state index is 13.1. The Labute approximate surface area is 172 Å². The Kier molecular flexibility index (Phi) is 5.39. The highest BCUT2D eigenvalue weighted by Gasteiger charge is 2.23. The van der Waals surface area contributed by atoms with E-state index in [0.29, 0.717) is 31.6 Å². The van der Waals surface area contributed by atoms with Gasteiger partial charge >= 0.3 is 5.69 Å². The second kappa shape index (κ2) is 8.14. The van der Waals surface area contributed by atoms with Gasteiger partial charge in [-0.2, -0.15) is 5.10 Å². The minimum absolute atomic E-state index is 0.0438. The normalized spacial score (nSPS) is 16.0. The molecule has 0 spiro atoms. The summed E-state index contributed by atoms with van der Waals surface area (Å²) in [6.07, 6.45) is 1.79. The Balaban J connectivity index is 1.43. The number of nitrogens with one attached hydrogen (secondary N) is 1. The van der Waals surface area contributed by atoms with Crippen LogP contribution >= 0.6 is 0 Å². The number of carbonyl (C=O) groups excluding carboxylic acids is 1. The first-order valence-corrected chi connectivity index (χ1v) is 9.92. The number of halogens is 1. The molecule has 1 aliphatic heterocycles. The molecule has 0 saturated carbocycles. The average molecular weight is 410 g/mol. The Morgan fingerprint density at radius 1 is 1.23 bits per heavy atom. The molecular formula is C22H23FN4O3. The van der Waals surface area contributed by atoms with Gasteiger partial charge in [-0.3, -0.25) is 9.36 Å². The first kappa shape index (κ1) is 19.9. The largest absolute Gasteiger partial charge is 0.507 e. The van der Waals surface area contributed by atoms with Crippen molar-refractivity contribution < 1.29 is 14.3 Å². The minimum atomic E-state index is -0.328. The van der Waals surface area contributed by atoms with E-state index < -0.39 is 0 Å². The molecule has 4 rings (SSSR count). The molecule has 2 aromatic carbocycles. The van der Waals surface area contributed by atoms with Crippen molar-refractivity contribution in [2.45, 2.75) is 45.3 Å². The number of phenols is 1. The van der Waals surface area contributed by atoms with Crippen LogP contribution in [0, 0.1) is 12.7 Å². The van der Waals surface area contributed by atoms with Crippen LogP contribution in [0.1, 0.15) is 40.2 Å². The van der Waals surface area contributed by atoms with Crippen molar-refractivity contribution in [3.63, 3.8) is 0 Å². The van der Waals surface area contributed by atoms with Crippen LogP contribution in [0.4, 0.5) is 4.39 Å². The topological polar surface area (TPSA) is 89.2 Å². The fourth-order valence-corrected chi connectivity index (χ4v) is 3.74. The Hall–Kier alpha value is -3.42. The molecule has 0 fully saturated rings. The summed E-state index contributed by atoms with van der Waals surface area (Å²) in [5.41, 5.74) is 1.71. The zero-order valence-corrected chi connectivity index (χ0v) is 16.6. The molecule has 30 heavy (non-hydrogen) atoms. The molecule has 3 aromatic rings. The monoisotopic (exact) mass is 410 g/mol. The average Bonchev–Trinajstić information content (AvgIpc) is 2.86. The summed E-state index contributed by atoms with van der Waals surface area (Å²) in [5.74, 6) is -0.0145.